The minimum absolute atomic E-state index is 0.201. The number of carboxylic acid groups (broad SMARTS) is 1. The molecule has 0 spiro atoms. The van der Waals surface area contributed by atoms with Crippen LogP contribution in [0.3, 0.4) is 0 Å². The van der Waals surface area contributed by atoms with Crippen molar-refractivity contribution in [2.24, 2.45) is 4.99 Å². The van der Waals surface area contributed by atoms with Gasteiger partial charge in [0.15, 0.2) is 0 Å². The van der Waals surface area contributed by atoms with E-state index in [-0.39, 0.29) is 5.56 Å². The highest BCUT2D eigenvalue weighted by Crippen LogP contribution is 2.36. The number of hydrogen-bond donors (Lipinski definition) is 2. The molecule has 0 amide bonds. The van der Waals surface area contributed by atoms with E-state index in [1.165, 1.54) is 12.1 Å². The average molecular weight is 501 g/mol. The molecule has 0 aliphatic carbocycles. The molecule has 5 rings (SSSR count). The standard InChI is InChI=1S/C27H21ClN4O4/c1-35-19-8-10-23(36-2)22(12-19)25-21-11-17(28)5-9-20(21)24-16(13-29-25)14-30-27(32-24)31-18-6-3-15(4-7-18)26(33)34/h3-12,14H,13H2,1-2H3,(H,33,34)(H,30,31,32). The van der Waals surface area contributed by atoms with Crippen LogP contribution >= 0.6 is 11.6 Å². The second kappa shape index (κ2) is 9.67. The minimum Gasteiger partial charge on any atom is -0.497 e. The van der Waals surface area contributed by atoms with Gasteiger partial charge in [-0.15, -0.1) is 0 Å². The molecule has 0 saturated heterocycles. The molecule has 0 saturated carbocycles. The summed E-state index contributed by atoms with van der Waals surface area (Å²) in [4.78, 5) is 25.3. The Morgan fingerprint density at radius 3 is 2.50 bits per heavy atom. The molecule has 180 valence electrons. The van der Waals surface area contributed by atoms with E-state index in [1.807, 2.05) is 36.4 Å². The van der Waals surface area contributed by atoms with Crippen LogP contribution in [0.2, 0.25) is 5.02 Å². The van der Waals surface area contributed by atoms with Crippen molar-refractivity contribution in [1.29, 1.82) is 0 Å². The Kier molecular flexibility index (Phi) is 6.26. The molecule has 0 unspecified atom stereocenters. The summed E-state index contributed by atoms with van der Waals surface area (Å²) in [6, 6.07) is 17.5. The third-order valence-corrected chi connectivity index (χ3v) is 6.05. The number of fused-ring (bicyclic) bond motifs is 3. The van der Waals surface area contributed by atoms with Crippen LogP contribution in [0.5, 0.6) is 11.5 Å². The first-order chi connectivity index (χ1) is 17.5. The fourth-order valence-corrected chi connectivity index (χ4v) is 4.21. The first-order valence-electron chi connectivity index (χ1n) is 11.0. The SMILES string of the molecule is COc1ccc(OC)c(C2=NCc3cnc(Nc4ccc(C(=O)O)cc4)nc3-c3ccc(Cl)cc32)c1. The number of ether oxygens (including phenoxy) is 2. The van der Waals surface area contributed by atoms with E-state index in [1.54, 1.807) is 32.5 Å². The lowest BCUT2D eigenvalue weighted by Gasteiger charge is -2.15. The second-order valence-electron chi connectivity index (χ2n) is 8.00. The number of nitrogens with one attached hydrogen (secondary N) is 1. The van der Waals surface area contributed by atoms with E-state index in [0.29, 0.717) is 40.4 Å². The number of carbonyl (C=O) groups is 1. The number of halogens is 1. The van der Waals surface area contributed by atoms with Crippen LogP contribution in [-0.2, 0) is 6.54 Å². The number of aliphatic imine (C=N–C) groups is 1. The van der Waals surface area contributed by atoms with Crippen LogP contribution in [0.25, 0.3) is 11.3 Å². The largest absolute Gasteiger partial charge is 0.497 e. The van der Waals surface area contributed by atoms with Crippen LogP contribution in [0.4, 0.5) is 11.6 Å². The number of methoxy groups -OCH3 is 2. The topological polar surface area (TPSA) is 106 Å². The Labute approximate surface area is 212 Å². The van der Waals surface area contributed by atoms with Crippen LogP contribution in [0.15, 0.2) is 71.9 Å². The summed E-state index contributed by atoms with van der Waals surface area (Å²) in [5, 5.41) is 12.8. The fraction of sp³-hybridized carbons (Fsp3) is 0.111. The molecule has 9 heteroatoms. The number of hydrogen-bond acceptors (Lipinski definition) is 7. The highest BCUT2D eigenvalue weighted by atomic mass is 35.5. The third-order valence-electron chi connectivity index (χ3n) is 5.81. The number of benzene rings is 3. The molecule has 0 radical (unpaired) electrons. The van der Waals surface area contributed by atoms with Crippen molar-refractivity contribution >= 4 is 34.9 Å². The number of carboxylic acids is 1. The van der Waals surface area contributed by atoms with Gasteiger partial charge in [0.1, 0.15) is 11.5 Å². The lowest BCUT2D eigenvalue weighted by atomic mass is 9.94. The Hall–Kier alpha value is -4.43. The van der Waals surface area contributed by atoms with Gasteiger partial charge >= 0.3 is 5.97 Å². The van der Waals surface area contributed by atoms with Gasteiger partial charge in [0.05, 0.1) is 37.7 Å². The maximum absolute atomic E-state index is 11.1. The van der Waals surface area contributed by atoms with Crippen LogP contribution in [0, 0.1) is 0 Å². The number of aromatic nitrogens is 2. The lowest BCUT2D eigenvalue weighted by molar-refractivity contribution is 0.0697. The van der Waals surface area contributed by atoms with Crippen molar-refractivity contribution in [2.75, 3.05) is 19.5 Å². The van der Waals surface area contributed by atoms with Gasteiger partial charge in [0, 0.05) is 39.2 Å². The molecular weight excluding hydrogens is 480 g/mol. The van der Waals surface area contributed by atoms with E-state index < -0.39 is 5.97 Å². The van der Waals surface area contributed by atoms with Gasteiger partial charge in [-0.1, -0.05) is 17.7 Å². The Morgan fingerprint density at radius 1 is 0.972 bits per heavy atom. The number of nitrogens with zero attached hydrogens (tertiary/aromatic N) is 3. The summed E-state index contributed by atoms with van der Waals surface area (Å²) in [6.07, 6.45) is 1.74. The van der Waals surface area contributed by atoms with E-state index in [2.05, 4.69) is 10.3 Å². The number of anilines is 2. The zero-order valence-electron chi connectivity index (χ0n) is 19.4. The number of aromatic carboxylic acids is 1. The summed E-state index contributed by atoms with van der Waals surface area (Å²) in [5.74, 6) is 0.727. The molecule has 8 nitrogen and oxygen atoms in total. The first-order valence-corrected chi connectivity index (χ1v) is 11.4. The lowest BCUT2D eigenvalue weighted by Crippen LogP contribution is -2.07. The van der Waals surface area contributed by atoms with Crippen molar-refractivity contribution in [3.8, 4) is 22.8 Å². The number of rotatable bonds is 6. The van der Waals surface area contributed by atoms with E-state index in [4.69, 9.17) is 36.2 Å². The van der Waals surface area contributed by atoms with E-state index in [9.17, 15) is 4.79 Å². The third kappa shape index (κ3) is 4.46. The minimum atomic E-state index is -0.985. The maximum atomic E-state index is 11.1. The van der Waals surface area contributed by atoms with Crippen molar-refractivity contribution in [3.05, 3.63) is 94.1 Å². The monoisotopic (exact) mass is 500 g/mol. The van der Waals surface area contributed by atoms with Crippen molar-refractivity contribution in [2.45, 2.75) is 6.54 Å². The highest BCUT2D eigenvalue weighted by Gasteiger charge is 2.24. The molecule has 4 aromatic rings. The molecule has 3 aromatic carbocycles. The molecule has 2 N–H and O–H groups in total. The van der Waals surface area contributed by atoms with Gasteiger partial charge in [-0.05, 0) is 54.6 Å². The zero-order chi connectivity index (χ0) is 25.2. The summed E-state index contributed by atoms with van der Waals surface area (Å²) in [5.41, 5.74) is 5.59. The molecule has 0 atom stereocenters. The Morgan fingerprint density at radius 2 is 1.78 bits per heavy atom. The van der Waals surface area contributed by atoms with Crippen molar-refractivity contribution in [3.63, 3.8) is 0 Å². The second-order valence-corrected chi connectivity index (χ2v) is 8.43. The van der Waals surface area contributed by atoms with Crippen molar-refractivity contribution < 1.29 is 19.4 Å². The molecule has 1 aliphatic heterocycles. The molecule has 36 heavy (non-hydrogen) atoms. The average Bonchev–Trinajstić information content (AvgIpc) is 3.05. The van der Waals surface area contributed by atoms with E-state index >= 15 is 0 Å². The van der Waals surface area contributed by atoms with E-state index in [0.717, 1.165) is 27.9 Å². The predicted molar refractivity (Wildman–Crippen MR) is 138 cm³/mol. The Bertz CT molecular complexity index is 1500. The molecule has 2 heterocycles. The quantitative estimate of drug-likeness (QED) is 0.354. The zero-order valence-corrected chi connectivity index (χ0v) is 20.2. The smallest absolute Gasteiger partial charge is 0.335 e. The van der Waals surface area contributed by atoms with Crippen LogP contribution in [-0.4, -0.2) is 41.0 Å². The van der Waals surface area contributed by atoms with Gasteiger partial charge in [0.2, 0.25) is 5.95 Å². The van der Waals surface area contributed by atoms with Gasteiger partial charge < -0.3 is 19.9 Å². The molecule has 0 fully saturated rings. The van der Waals surface area contributed by atoms with Gasteiger partial charge in [-0.25, -0.2) is 14.8 Å². The van der Waals surface area contributed by atoms with Crippen molar-refractivity contribution in [1.82, 2.24) is 9.97 Å². The van der Waals surface area contributed by atoms with Crippen LogP contribution < -0.4 is 14.8 Å². The fourth-order valence-electron chi connectivity index (χ4n) is 4.04. The predicted octanol–water partition coefficient (Wildman–Crippen LogP) is 5.61. The normalized spacial score (nSPS) is 12.0. The Balaban J connectivity index is 1.59. The molecule has 1 aromatic heterocycles. The summed E-state index contributed by atoms with van der Waals surface area (Å²) in [6.45, 7) is 0.352. The molecule has 0 bridgehead atoms. The summed E-state index contributed by atoms with van der Waals surface area (Å²) < 4.78 is 11.1. The van der Waals surface area contributed by atoms with Gasteiger partial charge in [-0.2, -0.15) is 0 Å². The van der Waals surface area contributed by atoms with Gasteiger partial charge in [-0.3, -0.25) is 4.99 Å². The van der Waals surface area contributed by atoms with Gasteiger partial charge in [0.25, 0.3) is 0 Å². The van der Waals surface area contributed by atoms with Crippen LogP contribution in [0.1, 0.15) is 27.0 Å². The summed E-state index contributed by atoms with van der Waals surface area (Å²) >= 11 is 6.42. The maximum Gasteiger partial charge on any atom is 0.335 e. The highest BCUT2D eigenvalue weighted by molar-refractivity contribution is 6.31. The summed E-state index contributed by atoms with van der Waals surface area (Å²) in [7, 11) is 3.23. The first kappa shape index (κ1) is 23.3. The molecular formula is C27H21ClN4O4. The molecule has 1 aliphatic rings.